The van der Waals surface area contributed by atoms with Gasteiger partial charge in [0.1, 0.15) is 5.75 Å². The second kappa shape index (κ2) is 4.61. The zero-order chi connectivity index (χ0) is 12.3. The molecule has 0 saturated heterocycles. The molecule has 7 heteroatoms. The van der Waals surface area contributed by atoms with Gasteiger partial charge in [-0.25, -0.2) is 0 Å². The van der Waals surface area contributed by atoms with Crippen molar-refractivity contribution in [2.75, 3.05) is 5.73 Å². The Balaban J connectivity index is 3.15. The predicted octanol–water partition coefficient (Wildman–Crippen LogP) is 3.00. The predicted molar refractivity (Wildman–Crippen MR) is 54.6 cm³/mol. The van der Waals surface area contributed by atoms with E-state index in [2.05, 4.69) is 20.7 Å². The van der Waals surface area contributed by atoms with E-state index in [0.29, 0.717) is 4.47 Å². The van der Waals surface area contributed by atoms with E-state index in [1.807, 2.05) is 0 Å². The van der Waals surface area contributed by atoms with Crippen LogP contribution in [-0.2, 0) is 6.42 Å². The number of benzene rings is 1. The summed E-state index contributed by atoms with van der Waals surface area (Å²) in [5.74, 6) is -0.449. The van der Waals surface area contributed by atoms with E-state index in [-0.39, 0.29) is 17.7 Å². The van der Waals surface area contributed by atoms with E-state index < -0.39 is 12.1 Å². The number of hydrogen-bond acceptors (Lipinski definition) is 3. The lowest BCUT2D eigenvalue weighted by Gasteiger charge is -2.13. The highest BCUT2D eigenvalue weighted by Crippen LogP contribution is 2.33. The maximum atomic E-state index is 12.0. The Morgan fingerprint density at radius 2 is 2.06 bits per heavy atom. The van der Waals surface area contributed by atoms with Gasteiger partial charge in [0.05, 0.1) is 12.5 Å². The van der Waals surface area contributed by atoms with Crippen LogP contribution in [0.5, 0.6) is 5.75 Å². The molecule has 1 rings (SSSR count). The van der Waals surface area contributed by atoms with Gasteiger partial charge in [-0.3, -0.25) is 0 Å². The molecule has 0 saturated carbocycles. The number of hydrogen-bond donors (Lipinski definition) is 1. The SMILES string of the molecule is N#CCc1cc(Br)c(N)cc1OC(F)(F)F. The Kier molecular flexibility index (Phi) is 3.65. The lowest BCUT2D eigenvalue weighted by molar-refractivity contribution is -0.274. The van der Waals surface area contributed by atoms with Crippen LogP contribution in [0.1, 0.15) is 5.56 Å². The first-order valence-electron chi connectivity index (χ1n) is 4.04. The van der Waals surface area contributed by atoms with Gasteiger partial charge in [0, 0.05) is 21.8 Å². The van der Waals surface area contributed by atoms with Crippen molar-refractivity contribution in [3.05, 3.63) is 22.2 Å². The number of rotatable bonds is 2. The van der Waals surface area contributed by atoms with Crippen molar-refractivity contribution in [3.8, 4) is 11.8 Å². The normalized spacial score (nSPS) is 10.9. The van der Waals surface area contributed by atoms with Crippen molar-refractivity contribution in [3.63, 3.8) is 0 Å². The van der Waals surface area contributed by atoms with Crippen molar-refractivity contribution < 1.29 is 17.9 Å². The van der Waals surface area contributed by atoms with Gasteiger partial charge in [-0.2, -0.15) is 5.26 Å². The van der Waals surface area contributed by atoms with E-state index in [0.717, 1.165) is 6.07 Å². The number of alkyl halides is 3. The molecular weight excluding hydrogens is 289 g/mol. The topological polar surface area (TPSA) is 59.0 Å². The molecular formula is C9H6BrF3N2O. The minimum Gasteiger partial charge on any atom is -0.405 e. The van der Waals surface area contributed by atoms with E-state index >= 15 is 0 Å². The molecule has 0 aliphatic heterocycles. The third-order valence-corrected chi connectivity index (χ3v) is 2.36. The summed E-state index contributed by atoms with van der Waals surface area (Å²) in [6, 6.07) is 4.11. The van der Waals surface area contributed by atoms with Crippen LogP contribution in [0.4, 0.5) is 18.9 Å². The molecule has 3 nitrogen and oxygen atoms in total. The van der Waals surface area contributed by atoms with Crippen LogP contribution in [-0.4, -0.2) is 6.36 Å². The molecule has 0 atom stereocenters. The first-order chi connectivity index (χ1) is 7.33. The van der Waals surface area contributed by atoms with Gasteiger partial charge in [0.15, 0.2) is 0 Å². The Hall–Kier alpha value is -1.42. The maximum Gasteiger partial charge on any atom is 0.573 e. The summed E-state index contributed by atoms with van der Waals surface area (Å²) in [6.07, 6.45) is -4.99. The van der Waals surface area contributed by atoms with Crippen molar-refractivity contribution in [2.45, 2.75) is 12.8 Å². The third kappa shape index (κ3) is 3.31. The summed E-state index contributed by atoms with van der Waals surface area (Å²) in [4.78, 5) is 0. The lowest BCUT2D eigenvalue weighted by atomic mass is 10.1. The Bertz CT molecular complexity index is 440. The maximum absolute atomic E-state index is 12.0. The Morgan fingerprint density at radius 3 is 2.56 bits per heavy atom. The number of anilines is 1. The highest BCUT2D eigenvalue weighted by atomic mass is 79.9. The smallest absolute Gasteiger partial charge is 0.405 e. The molecule has 2 N–H and O–H groups in total. The molecule has 0 radical (unpaired) electrons. The average Bonchev–Trinajstić information content (AvgIpc) is 2.11. The molecule has 1 aromatic rings. The fourth-order valence-corrected chi connectivity index (χ4v) is 1.44. The molecule has 0 unspecified atom stereocenters. The minimum absolute atomic E-state index is 0.112. The molecule has 0 aliphatic rings. The number of nitriles is 1. The number of nitrogens with two attached hydrogens (primary N) is 1. The zero-order valence-corrected chi connectivity index (χ0v) is 9.39. The van der Waals surface area contributed by atoms with E-state index in [1.165, 1.54) is 6.07 Å². The van der Waals surface area contributed by atoms with Gasteiger partial charge in [-0.1, -0.05) is 0 Å². The second-order valence-corrected chi connectivity index (χ2v) is 3.72. The summed E-state index contributed by atoms with van der Waals surface area (Å²) in [5.41, 5.74) is 5.67. The van der Waals surface area contributed by atoms with Gasteiger partial charge in [0.25, 0.3) is 0 Å². The fourth-order valence-electron chi connectivity index (χ4n) is 1.05. The average molecular weight is 295 g/mol. The van der Waals surface area contributed by atoms with E-state index in [1.54, 1.807) is 6.07 Å². The van der Waals surface area contributed by atoms with Crippen LogP contribution in [0.3, 0.4) is 0 Å². The molecule has 0 spiro atoms. The molecule has 0 fully saturated rings. The Labute approximate surface area is 97.7 Å². The Morgan fingerprint density at radius 1 is 1.44 bits per heavy atom. The van der Waals surface area contributed by atoms with Crippen LogP contribution in [0, 0.1) is 11.3 Å². The van der Waals surface area contributed by atoms with Crippen LogP contribution in [0.15, 0.2) is 16.6 Å². The van der Waals surface area contributed by atoms with Crippen molar-refractivity contribution >= 4 is 21.6 Å². The first kappa shape index (κ1) is 12.6. The minimum atomic E-state index is -4.80. The van der Waals surface area contributed by atoms with Crippen molar-refractivity contribution in [2.24, 2.45) is 0 Å². The molecule has 86 valence electrons. The molecule has 1 aromatic carbocycles. The first-order valence-corrected chi connectivity index (χ1v) is 4.83. The quantitative estimate of drug-likeness (QED) is 0.853. The summed E-state index contributed by atoms with van der Waals surface area (Å²) >= 11 is 3.06. The van der Waals surface area contributed by atoms with Crippen LogP contribution in [0.2, 0.25) is 0 Å². The molecule has 0 bridgehead atoms. The molecule has 0 heterocycles. The number of ether oxygens (including phenoxy) is 1. The van der Waals surface area contributed by atoms with Gasteiger partial charge < -0.3 is 10.5 Å². The monoisotopic (exact) mass is 294 g/mol. The zero-order valence-electron chi connectivity index (χ0n) is 7.81. The van der Waals surface area contributed by atoms with E-state index in [4.69, 9.17) is 11.0 Å². The van der Waals surface area contributed by atoms with Crippen molar-refractivity contribution in [1.82, 2.24) is 0 Å². The molecule has 0 aromatic heterocycles. The second-order valence-electron chi connectivity index (χ2n) is 2.86. The fraction of sp³-hybridized carbons (Fsp3) is 0.222. The van der Waals surface area contributed by atoms with Gasteiger partial charge in [0.2, 0.25) is 0 Å². The molecule has 16 heavy (non-hydrogen) atoms. The van der Waals surface area contributed by atoms with Gasteiger partial charge >= 0.3 is 6.36 Å². The molecule has 0 amide bonds. The highest BCUT2D eigenvalue weighted by Gasteiger charge is 2.32. The standard InChI is InChI=1S/C9H6BrF3N2O/c10-6-3-5(1-2-14)8(4-7(6)15)16-9(11,12)13/h3-4H,1,15H2. The summed E-state index contributed by atoms with van der Waals surface area (Å²) in [5, 5.41) is 8.47. The summed E-state index contributed by atoms with van der Waals surface area (Å²) < 4.78 is 40.3. The van der Waals surface area contributed by atoms with Crippen molar-refractivity contribution in [1.29, 1.82) is 5.26 Å². The van der Waals surface area contributed by atoms with Crippen LogP contribution in [0.25, 0.3) is 0 Å². The van der Waals surface area contributed by atoms with E-state index in [9.17, 15) is 13.2 Å². The summed E-state index contributed by atoms with van der Waals surface area (Å²) in [6.45, 7) is 0. The number of nitrogen functional groups attached to an aromatic ring is 1. The molecule has 0 aliphatic carbocycles. The van der Waals surface area contributed by atoms with Crippen LogP contribution >= 0.6 is 15.9 Å². The largest absolute Gasteiger partial charge is 0.573 e. The van der Waals surface area contributed by atoms with Gasteiger partial charge in [-0.05, 0) is 22.0 Å². The highest BCUT2D eigenvalue weighted by molar-refractivity contribution is 9.10. The number of halogens is 4. The summed E-state index contributed by atoms with van der Waals surface area (Å²) in [7, 11) is 0. The third-order valence-electron chi connectivity index (χ3n) is 1.68. The lowest BCUT2D eigenvalue weighted by Crippen LogP contribution is -2.18. The van der Waals surface area contributed by atoms with Crippen LogP contribution < -0.4 is 10.5 Å². The van der Waals surface area contributed by atoms with Gasteiger partial charge in [-0.15, -0.1) is 13.2 Å². The number of nitrogens with zero attached hydrogens (tertiary/aromatic N) is 1.